The summed E-state index contributed by atoms with van der Waals surface area (Å²) >= 11 is 0. The quantitative estimate of drug-likeness (QED) is 0.142. The Balaban J connectivity index is 1.32. The Morgan fingerprint density at radius 1 is 0.881 bits per heavy atom. The molecular formula is C36H40N2O4. The van der Waals surface area contributed by atoms with Crippen LogP contribution in [0.4, 0.5) is 5.69 Å². The van der Waals surface area contributed by atoms with Gasteiger partial charge in [-0.3, -0.25) is 9.59 Å². The molecule has 6 nitrogen and oxygen atoms in total. The summed E-state index contributed by atoms with van der Waals surface area (Å²) in [6.07, 6.45) is 7.85. The summed E-state index contributed by atoms with van der Waals surface area (Å²) in [5.74, 6) is -1.23. The topological polar surface area (TPSA) is 88.5 Å². The summed E-state index contributed by atoms with van der Waals surface area (Å²) in [6.45, 7) is 4.91. The molecule has 0 unspecified atom stereocenters. The average molecular weight is 565 g/mol. The first-order valence-electron chi connectivity index (χ1n) is 14.7. The minimum atomic E-state index is -1.04. The molecule has 42 heavy (non-hydrogen) atoms. The summed E-state index contributed by atoms with van der Waals surface area (Å²) < 4.78 is 5.93. The van der Waals surface area contributed by atoms with Crippen LogP contribution in [0.5, 0.6) is 0 Å². The number of rotatable bonds is 15. The third-order valence-corrected chi connectivity index (χ3v) is 7.82. The number of nitrogens with one attached hydrogen (secondary N) is 1. The van der Waals surface area contributed by atoms with E-state index < -0.39 is 11.4 Å². The highest BCUT2D eigenvalue weighted by Gasteiger charge is 2.37. The number of fused-ring (bicyclic) bond motifs is 1. The van der Waals surface area contributed by atoms with Crippen molar-refractivity contribution in [3.63, 3.8) is 0 Å². The molecule has 0 spiro atoms. The van der Waals surface area contributed by atoms with E-state index in [9.17, 15) is 14.7 Å². The number of benzene rings is 3. The van der Waals surface area contributed by atoms with Crippen molar-refractivity contribution in [2.75, 3.05) is 11.9 Å². The molecule has 0 saturated carbocycles. The number of aryl methyl sites for hydroxylation is 1. The molecule has 1 heterocycles. The molecule has 218 valence electrons. The number of carboxylic acid groups (broad SMARTS) is 1. The second-order valence-electron chi connectivity index (χ2n) is 10.7. The van der Waals surface area contributed by atoms with Crippen LogP contribution in [-0.2, 0) is 27.4 Å². The first-order valence-corrected chi connectivity index (χ1v) is 14.7. The molecule has 1 amide bonds. The van der Waals surface area contributed by atoms with E-state index in [2.05, 4.69) is 53.8 Å². The number of amides is 1. The van der Waals surface area contributed by atoms with Crippen molar-refractivity contribution in [3.8, 4) is 0 Å². The molecule has 0 aliphatic rings. The average Bonchev–Trinajstić information content (AvgIpc) is 3.01. The van der Waals surface area contributed by atoms with Gasteiger partial charge in [0, 0.05) is 24.1 Å². The summed E-state index contributed by atoms with van der Waals surface area (Å²) in [5.41, 5.74) is 4.69. The number of ether oxygens (including phenoxy) is 1. The molecule has 0 aliphatic heterocycles. The SMILES string of the molecule is CCC(CC)(CC(=O)Nc1cccc(C=Cc2ccc3ccc(COCCCCc4ccccc4)cc3n2)c1)C(=O)O. The normalized spacial score (nSPS) is 11.7. The zero-order valence-electron chi connectivity index (χ0n) is 24.5. The predicted octanol–water partition coefficient (Wildman–Crippen LogP) is 8.16. The fourth-order valence-electron chi connectivity index (χ4n) is 5.02. The molecule has 3 aromatic carbocycles. The highest BCUT2D eigenvalue weighted by atomic mass is 16.5. The van der Waals surface area contributed by atoms with Gasteiger partial charge in [-0.1, -0.05) is 80.6 Å². The third-order valence-electron chi connectivity index (χ3n) is 7.82. The van der Waals surface area contributed by atoms with Crippen LogP contribution in [0.2, 0.25) is 0 Å². The van der Waals surface area contributed by atoms with E-state index in [4.69, 9.17) is 9.72 Å². The second-order valence-corrected chi connectivity index (χ2v) is 10.7. The van der Waals surface area contributed by atoms with Gasteiger partial charge >= 0.3 is 5.97 Å². The van der Waals surface area contributed by atoms with Crippen molar-refractivity contribution in [2.24, 2.45) is 5.41 Å². The molecule has 0 saturated heterocycles. The number of carbonyl (C=O) groups is 2. The Bertz CT molecular complexity index is 1510. The van der Waals surface area contributed by atoms with Crippen molar-refractivity contribution in [2.45, 2.75) is 59.0 Å². The smallest absolute Gasteiger partial charge is 0.310 e. The van der Waals surface area contributed by atoms with E-state index in [-0.39, 0.29) is 12.3 Å². The maximum absolute atomic E-state index is 12.6. The lowest BCUT2D eigenvalue weighted by Crippen LogP contribution is -2.34. The van der Waals surface area contributed by atoms with Crippen LogP contribution in [0.3, 0.4) is 0 Å². The Kier molecular flexibility index (Phi) is 11.0. The largest absolute Gasteiger partial charge is 0.481 e. The van der Waals surface area contributed by atoms with E-state index in [0.717, 1.165) is 53.6 Å². The highest BCUT2D eigenvalue weighted by molar-refractivity contribution is 5.94. The number of anilines is 1. The maximum atomic E-state index is 12.6. The van der Waals surface area contributed by atoms with E-state index in [1.54, 1.807) is 19.9 Å². The number of hydrogen-bond acceptors (Lipinski definition) is 4. The molecule has 2 N–H and O–H groups in total. The molecule has 4 rings (SSSR count). The fraction of sp³-hybridized carbons (Fsp3) is 0.306. The van der Waals surface area contributed by atoms with Crippen LogP contribution in [0.15, 0.2) is 84.9 Å². The number of aromatic nitrogens is 1. The molecule has 1 aromatic heterocycles. The van der Waals surface area contributed by atoms with E-state index in [0.29, 0.717) is 25.1 Å². The lowest BCUT2D eigenvalue weighted by atomic mass is 9.79. The van der Waals surface area contributed by atoms with Gasteiger partial charge in [-0.15, -0.1) is 0 Å². The first kappa shape index (κ1) is 30.7. The van der Waals surface area contributed by atoms with Crippen molar-refractivity contribution in [3.05, 3.63) is 107 Å². The molecule has 0 atom stereocenters. The minimum absolute atomic E-state index is 0.0578. The first-order chi connectivity index (χ1) is 20.4. The molecular weight excluding hydrogens is 524 g/mol. The lowest BCUT2D eigenvalue weighted by Gasteiger charge is -2.25. The van der Waals surface area contributed by atoms with Gasteiger partial charge in [-0.05, 0) is 79.1 Å². The Morgan fingerprint density at radius 3 is 2.43 bits per heavy atom. The van der Waals surface area contributed by atoms with Gasteiger partial charge in [0.1, 0.15) is 0 Å². The van der Waals surface area contributed by atoms with Crippen molar-refractivity contribution < 1.29 is 19.4 Å². The van der Waals surface area contributed by atoms with Gasteiger partial charge in [-0.25, -0.2) is 4.98 Å². The number of nitrogens with zero attached hydrogens (tertiary/aromatic N) is 1. The van der Waals surface area contributed by atoms with Crippen LogP contribution >= 0.6 is 0 Å². The van der Waals surface area contributed by atoms with Crippen LogP contribution in [-0.4, -0.2) is 28.6 Å². The van der Waals surface area contributed by atoms with Crippen LogP contribution in [0.1, 0.15) is 68.3 Å². The lowest BCUT2D eigenvalue weighted by molar-refractivity contribution is -0.151. The number of aliphatic carboxylic acids is 1. The van der Waals surface area contributed by atoms with Gasteiger partial charge in [0.2, 0.25) is 5.91 Å². The molecule has 0 bridgehead atoms. The van der Waals surface area contributed by atoms with Gasteiger partial charge in [0.25, 0.3) is 0 Å². The van der Waals surface area contributed by atoms with Gasteiger partial charge in [-0.2, -0.15) is 0 Å². The standard InChI is InChI=1S/C36H40N2O4/c1-3-36(4-2,35(40)41)25-34(39)38-32-15-10-14-28(23-32)17-20-31-21-19-30-18-16-29(24-33(30)37-31)26-42-22-9-8-13-27-11-6-5-7-12-27/h5-7,10-12,14-21,23-24H,3-4,8-9,13,22,25-26H2,1-2H3,(H,38,39)(H,40,41). The van der Waals surface area contributed by atoms with Crippen molar-refractivity contribution in [1.29, 1.82) is 0 Å². The Morgan fingerprint density at radius 2 is 1.67 bits per heavy atom. The monoisotopic (exact) mass is 564 g/mol. The number of carbonyl (C=O) groups excluding carboxylic acids is 1. The Hall–Kier alpha value is -4.29. The molecule has 0 fully saturated rings. The van der Waals surface area contributed by atoms with E-state index >= 15 is 0 Å². The number of hydrogen-bond donors (Lipinski definition) is 2. The zero-order valence-corrected chi connectivity index (χ0v) is 24.5. The number of unbranched alkanes of at least 4 members (excludes halogenated alkanes) is 1. The summed E-state index contributed by atoms with van der Waals surface area (Å²) in [5, 5.41) is 13.6. The second kappa shape index (κ2) is 15.1. The van der Waals surface area contributed by atoms with E-state index in [1.807, 2.05) is 42.5 Å². The molecule has 0 aliphatic carbocycles. The fourth-order valence-corrected chi connectivity index (χ4v) is 5.02. The summed E-state index contributed by atoms with van der Waals surface area (Å²) in [7, 11) is 0. The zero-order chi connectivity index (χ0) is 29.8. The van der Waals surface area contributed by atoms with Gasteiger partial charge in [0.05, 0.1) is 23.2 Å². The van der Waals surface area contributed by atoms with E-state index in [1.165, 1.54) is 5.56 Å². The van der Waals surface area contributed by atoms with Crippen LogP contribution < -0.4 is 5.32 Å². The third kappa shape index (κ3) is 8.60. The Labute approximate surface area is 248 Å². The molecule has 4 aromatic rings. The summed E-state index contributed by atoms with van der Waals surface area (Å²) in [4.78, 5) is 29.2. The summed E-state index contributed by atoms with van der Waals surface area (Å²) in [6, 6.07) is 28.3. The molecule has 6 heteroatoms. The highest BCUT2D eigenvalue weighted by Crippen LogP contribution is 2.31. The van der Waals surface area contributed by atoms with Crippen molar-refractivity contribution in [1.82, 2.24) is 4.98 Å². The predicted molar refractivity (Wildman–Crippen MR) is 170 cm³/mol. The maximum Gasteiger partial charge on any atom is 0.310 e. The van der Waals surface area contributed by atoms with Crippen molar-refractivity contribution >= 4 is 40.6 Å². The van der Waals surface area contributed by atoms with Crippen LogP contribution in [0.25, 0.3) is 23.1 Å². The van der Waals surface area contributed by atoms with Crippen LogP contribution in [0, 0.1) is 5.41 Å². The molecule has 0 radical (unpaired) electrons. The van der Waals surface area contributed by atoms with Gasteiger partial charge in [0.15, 0.2) is 0 Å². The van der Waals surface area contributed by atoms with Gasteiger partial charge < -0.3 is 15.2 Å². The number of carboxylic acids is 1. The number of pyridine rings is 1. The minimum Gasteiger partial charge on any atom is -0.481 e.